The number of carbonyl (C=O) groups is 1. The van der Waals surface area contributed by atoms with E-state index in [1.54, 1.807) is 6.07 Å². The molecule has 86 valence electrons. The van der Waals surface area contributed by atoms with Gasteiger partial charge in [0.1, 0.15) is 5.75 Å². The topological polar surface area (TPSA) is 26.3 Å². The van der Waals surface area contributed by atoms with Crippen LogP contribution in [-0.4, -0.2) is 17.0 Å². The van der Waals surface area contributed by atoms with Crippen LogP contribution in [0.5, 0.6) is 5.75 Å². The van der Waals surface area contributed by atoms with E-state index in [1.165, 1.54) is 18.2 Å². The fourth-order valence-corrected chi connectivity index (χ4v) is 1.61. The lowest BCUT2D eigenvalue weighted by Gasteiger charge is -2.33. The monoisotopic (exact) mass is 250 g/mol. The lowest BCUT2D eigenvalue weighted by atomic mass is 10.0. The second-order valence-electron chi connectivity index (χ2n) is 3.40. The van der Waals surface area contributed by atoms with E-state index >= 15 is 0 Å². The molecule has 6 heteroatoms. The van der Waals surface area contributed by atoms with E-state index in [4.69, 9.17) is 11.6 Å². The van der Waals surface area contributed by atoms with Gasteiger partial charge in [-0.15, -0.1) is 0 Å². The van der Waals surface area contributed by atoms with E-state index in [-0.39, 0.29) is 12.2 Å². The number of fused-ring (bicyclic) bond motifs is 1. The summed E-state index contributed by atoms with van der Waals surface area (Å²) in [4.78, 5) is 11.3. The first-order valence-corrected chi connectivity index (χ1v) is 4.78. The molecule has 0 saturated carbocycles. The van der Waals surface area contributed by atoms with E-state index in [0.29, 0.717) is 5.56 Å². The van der Waals surface area contributed by atoms with Crippen molar-refractivity contribution in [2.45, 2.75) is 17.7 Å². The van der Waals surface area contributed by atoms with Crippen molar-refractivity contribution < 1.29 is 22.7 Å². The maximum atomic E-state index is 12.6. The smallest absolute Gasteiger partial charge is 0.451 e. The Morgan fingerprint density at radius 1 is 1.31 bits per heavy atom. The second-order valence-corrected chi connectivity index (χ2v) is 3.94. The van der Waals surface area contributed by atoms with Crippen molar-refractivity contribution in [1.82, 2.24) is 0 Å². The minimum absolute atomic E-state index is 0.00516. The first kappa shape index (κ1) is 11.3. The lowest BCUT2D eigenvalue weighted by molar-refractivity contribution is -0.214. The number of alkyl halides is 4. The summed E-state index contributed by atoms with van der Waals surface area (Å²) in [6.45, 7) is 0. The summed E-state index contributed by atoms with van der Waals surface area (Å²) in [5.74, 6) is -1.20. The highest BCUT2D eigenvalue weighted by atomic mass is 35.5. The Morgan fingerprint density at radius 2 is 1.94 bits per heavy atom. The Kier molecular flexibility index (Phi) is 2.38. The fourth-order valence-electron chi connectivity index (χ4n) is 1.46. The highest BCUT2D eigenvalue weighted by Gasteiger charge is 2.63. The normalized spacial score (nSPS) is 24.9. The maximum absolute atomic E-state index is 12.6. The molecule has 1 aromatic carbocycles. The summed E-state index contributed by atoms with van der Waals surface area (Å²) in [5.41, 5.74) is 0.410. The number of hydrogen-bond donors (Lipinski definition) is 0. The number of ether oxygens (including phenoxy) is 1. The van der Waals surface area contributed by atoms with E-state index in [9.17, 15) is 18.0 Å². The molecule has 0 amide bonds. The number of rotatable bonds is 0. The fraction of sp³-hybridized carbons (Fsp3) is 0.300. The van der Waals surface area contributed by atoms with Crippen LogP contribution in [0.1, 0.15) is 5.56 Å². The van der Waals surface area contributed by atoms with Gasteiger partial charge in [-0.25, -0.2) is 0 Å². The Balaban J connectivity index is 2.46. The molecule has 0 aliphatic carbocycles. The molecular weight excluding hydrogens is 245 g/mol. The first-order chi connectivity index (χ1) is 7.34. The predicted octanol–water partition coefficient (Wildman–Crippen LogP) is 2.69. The highest BCUT2D eigenvalue weighted by molar-refractivity contribution is 6.35. The van der Waals surface area contributed by atoms with Gasteiger partial charge >= 0.3 is 11.2 Å². The summed E-state index contributed by atoms with van der Waals surface area (Å²) in [5, 5.41) is -3.25. The molecule has 0 radical (unpaired) electrons. The van der Waals surface area contributed by atoms with Crippen molar-refractivity contribution in [3.05, 3.63) is 29.8 Å². The molecule has 0 fully saturated rings. The zero-order chi connectivity index (χ0) is 12.0. The van der Waals surface area contributed by atoms with Crippen LogP contribution in [0.2, 0.25) is 0 Å². The molecule has 1 aromatic rings. The lowest BCUT2D eigenvalue weighted by Crippen LogP contribution is -2.54. The number of hydrogen-bond acceptors (Lipinski definition) is 2. The van der Waals surface area contributed by atoms with E-state index < -0.39 is 17.0 Å². The highest BCUT2D eigenvalue weighted by Crippen LogP contribution is 2.43. The van der Waals surface area contributed by atoms with Crippen molar-refractivity contribution in [3.8, 4) is 5.75 Å². The Morgan fingerprint density at radius 3 is 2.56 bits per heavy atom. The molecule has 1 unspecified atom stereocenters. The van der Waals surface area contributed by atoms with Crippen LogP contribution in [-0.2, 0) is 11.2 Å². The Bertz CT molecular complexity index is 444. The molecule has 16 heavy (non-hydrogen) atoms. The van der Waals surface area contributed by atoms with Crippen molar-refractivity contribution in [3.63, 3.8) is 0 Å². The molecule has 2 rings (SSSR count). The number of benzene rings is 1. The molecule has 0 N–H and O–H groups in total. The second kappa shape index (κ2) is 3.38. The number of ketones is 1. The van der Waals surface area contributed by atoms with Crippen molar-refractivity contribution in [1.29, 1.82) is 0 Å². The van der Waals surface area contributed by atoms with Crippen LogP contribution < -0.4 is 4.74 Å². The van der Waals surface area contributed by atoms with Crippen LogP contribution in [0.3, 0.4) is 0 Å². The molecule has 1 atom stereocenters. The predicted molar refractivity (Wildman–Crippen MR) is 50.4 cm³/mol. The van der Waals surface area contributed by atoms with Crippen LogP contribution in [0.25, 0.3) is 0 Å². The third-order valence-electron chi connectivity index (χ3n) is 2.30. The minimum atomic E-state index is -4.93. The van der Waals surface area contributed by atoms with Crippen LogP contribution >= 0.6 is 11.6 Å². The van der Waals surface area contributed by atoms with Crippen molar-refractivity contribution in [2.75, 3.05) is 0 Å². The zero-order valence-electron chi connectivity index (χ0n) is 7.84. The molecule has 1 aliphatic heterocycles. The van der Waals surface area contributed by atoms with Crippen molar-refractivity contribution >= 4 is 17.4 Å². The van der Waals surface area contributed by atoms with Crippen molar-refractivity contribution in [2.24, 2.45) is 0 Å². The largest absolute Gasteiger partial charge is 0.456 e. The molecule has 2 nitrogen and oxygen atoms in total. The molecule has 1 heterocycles. The molecule has 0 bridgehead atoms. The van der Waals surface area contributed by atoms with Gasteiger partial charge < -0.3 is 4.74 Å². The minimum Gasteiger partial charge on any atom is -0.456 e. The number of Topliss-reactive ketones (excluding diaryl/α,β-unsaturated/α-hetero) is 1. The Hall–Kier alpha value is -1.23. The number of carbonyl (C=O) groups excluding carboxylic acids is 1. The molecular formula is C10H6ClF3O2. The maximum Gasteiger partial charge on any atom is 0.451 e. The van der Waals surface area contributed by atoms with E-state index in [0.717, 1.165) is 0 Å². The third-order valence-corrected chi connectivity index (χ3v) is 2.80. The van der Waals surface area contributed by atoms with Gasteiger partial charge in [0.15, 0.2) is 0 Å². The quantitative estimate of drug-likeness (QED) is 0.662. The van der Waals surface area contributed by atoms with Crippen LogP contribution in [0, 0.1) is 0 Å². The molecule has 0 spiro atoms. The first-order valence-electron chi connectivity index (χ1n) is 4.40. The summed E-state index contributed by atoms with van der Waals surface area (Å²) in [7, 11) is 0. The van der Waals surface area contributed by atoms with Crippen LogP contribution in [0.4, 0.5) is 13.2 Å². The van der Waals surface area contributed by atoms with Gasteiger partial charge in [0.25, 0.3) is 0 Å². The average Bonchev–Trinajstić information content (AvgIpc) is 2.18. The summed E-state index contributed by atoms with van der Waals surface area (Å²) in [6.07, 6.45) is -5.31. The van der Waals surface area contributed by atoms with E-state index in [1.807, 2.05) is 0 Å². The van der Waals surface area contributed by atoms with E-state index in [2.05, 4.69) is 4.74 Å². The van der Waals surface area contributed by atoms with Crippen LogP contribution in [0.15, 0.2) is 24.3 Å². The Labute approximate surface area is 94.0 Å². The average molecular weight is 251 g/mol. The molecule has 1 aliphatic rings. The van der Waals surface area contributed by atoms with Gasteiger partial charge in [-0.2, -0.15) is 13.2 Å². The van der Waals surface area contributed by atoms with Gasteiger partial charge in [0.2, 0.25) is 5.78 Å². The summed E-state index contributed by atoms with van der Waals surface area (Å²) < 4.78 is 42.4. The number of para-hydroxylation sites is 1. The number of halogens is 4. The summed E-state index contributed by atoms with van der Waals surface area (Å²) in [6, 6.07) is 6.01. The van der Waals surface area contributed by atoms with Gasteiger partial charge in [-0.3, -0.25) is 4.79 Å². The standard InChI is InChI=1S/C10H6ClF3O2/c11-9(10(12,13)14)8(15)5-6-3-1-2-4-7(6)16-9/h1-4H,5H2. The van der Waals surface area contributed by atoms with Gasteiger partial charge in [0, 0.05) is 12.0 Å². The third kappa shape index (κ3) is 1.55. The van der Waals surface area contributed by atoms with Gasteiger partial charge in [-0.1, -0.05) is 29.8 Å². The van der Waals surface area contributed by atoms with Gasteiger partial charge in [-0.05, 0) is 6.07 Å². The molecule has 0 saturated heterocycles. The SMILES string of the molecule is O=C1Cc2ccccc2OC1(Cl)C(F)(F)F. The zero-order valence-corrected chi connectivity index (χ0v) is 8.60. The summed E-state index contributed by atoms with van der Waals surface area (Å²) >= 11 is 5.23. The molecule has 0 aromatic heterocycles. The van der Waals surface area contributed by atoms with Gasteiger partial charge in [0.05, 0.1) is 0 Å².